The van der Waals surface area contributed by atoms with Crippen LogP contribution in [0.2, 0.25) is 5.02 Å². The molecule has 2 N–H and O–H groups in total. The molecular weight excluding hydrogens is 541 g/mol. The number of benzene rings is 1. The van der Waals surface area contributed by atoms with E-state index in [0.29, 0.717) is 49.9 Å². The molecule has 1 aliphatic heterocycles. The summed E-state index contributed by atoms with van der Waals surface area (Å²) >= 11 is 6.31. The number of halogens is 2. The van der Waals surface area contributed by atoms with Crippen molar-refractivity contribution in [2.24, 2.45) is 23.7 Å². The third kappa shape index (κ3) is 9.39. The Balaban J connectivity index is 1.88. The maximum Gasteiger partial charge on any atom is 0.223 e. The number of carbonyl (C=O) groups is 2. The van der Waals surface area contributed by atoms with Gasteiger partial charge in [0.2, 0.25) is 11.8 Å². The van der Waals surface area contributed by atoms with Crippen LogP contribution in [0.4, 0.5) is 4.39 Å². The molecule has 1 heterocycles. The molecule has 232 valence electrons. The lowest BCUT2D eigenvalue weighted by molar-refractivity contribution is -0.135. The second-order valence-corrected chi connectivity index (χ2v) is 13.1. The number of methoxy groups -OCH3 is 1. The van der Waals surface area contributed by atoms with E-state index in [2.05, 4.69) is 10.6 Å². The van der Waals surface area contributed by atoms with Gasteiger partial charge in [-0.05, 0) is 70.0 Å². The Kier molecular flexibility index (Phi) is 13.9. The topological polar surface area (TPSA) is 70.7 Å². The number of carbonyl (C=O) groups excluding carboxylic acids is 2. The van der Waals surface area contributed by atoms with Crippen LogP contribution in [0.3, 0.4) is 0 Å². The lowest BCUT2D eigenvalue weighted by Crippen LogP contribution is -2.57. The first kappa shape index (κ1) is 33.8. The monoisotopic (exact) mass is 593 g/mol. The normalized spacial score (nSPS) is 20.6. The summed E-state index contributed by atoms with van der Waals surface area (Å²) in [6.07, 6.45) is 11.8. The third-order valence-corrected chi connectivity index (χ3v) is 9.58. The average molecular weight is 594 g/mol. The predicted octanol–water partition coefficient (Wildman–Crippen LogP) is 6.70. The molecule has 8 heteroatoms. The lowest BCUT2D eigenvalue weighted by atomic mass is 9.70. The highest BCUT2D eigenvalue weighted by atomic mass is 35.5. The van der Waals surface area contributed by atoms with Gasteiger partial charge in [0, 0.05) is 50.6 Å². The number of nitrogens with zero attached hydrogens (tertiary/aromatic N) is 1. The number of unbranched alkanes of at least 4 members (excludes halogenated alkanes) is 1. The molecule has 2 aliphatic rings. The highest BCUT2D eigenvalue weighted by molar-refractivity contribution is 6.30. The Labute approximate surface area is 252 Å². The fraction of sp³-hybridized carbons (Fsp3) is 0.758. The zero-order valence-corrected chi connectivity index (χ0v) is 26.5. The second kappa shape index (κ2) is 16.8. The SMILES string of the molecule is CNC[C@@H](CC(=O)N1CCC[C@@H]([C@@](CCCCOC)(NC(=O)C(C)C)c2cccc(Cl)c2F)C1)CC1CCCCC1. The molecule has 2 fully saturated rings. The molecular formula is C33H53ClFN3O3. The van der Waals surface area contributed by atoms with E-state index in [9.17, 15) is 9.59 Å². The fourth-order valence-corrected chi connectivity index (χ4v) is 7.23. The molecule has 1 saturated carbocycles. The van der Waals surface area contributed by atoms with E-state index in [1.807, 2.05) is 25.8 Å². The summed E-state index contributed by atoms with van der Waals surface area (Å²) in [4.78, 5) is 29.1. The minimum atomic E-state index is -0.977. The Morgan fingerprint density at radius 3 is 2.59 bits per heavy atom. The van der Waals surface area contributed by atoms with Gasteiger partial charge >= 0.3 is 0 Å². The number of amides is 2. The molecule has 1 aliphatic carbocycles. The average Bonchev–Trinajstić information content (AvgIpc) is 2.96. The Morgan fingerprint density at radius 1 is 1.15 bits per heavy atom. The van der Waals surface area contributed by atoms with E-state index in [1.165, 1.54) is 32.1 Å². The summed E-state index contributed by atoms with van der Waals surface area (Å²) in [6.45, 7) is 6.31. The molecule has 0 unspecified atom stereocenters. The minimum Gasteiger partial charge on any atom is -0.385 e. The van der Waals surface area contributed by atoms with Gasteiger partial charge in [-0.3, -0.25) is 9.59 Å². The van der Waals surface area contributed by atoms with E-state index in [4.69, 9.17) is 16.3 Å². The molecule has 6 nitrogen and oxygen atoms in total. The molecule has 0 spiro atoms. The maximum atomic E-state index is 15.8. The summed E-state index contributed by atoms with van der Waals surface area (Å²) in [5.74, 6) is 0.164. The molecule has 2 amide bonds. The van der Waals surface area contributed by atoms with Crippen molar-refractivity contribution in [1.82, 2.24) is 15.5 Å². The molecule has 1 aromatic carbocycles. The van der Waals surface area contributed by atoms with Gasteiger partial charge in [-0.2, -0.15) is 0 Å². The highest BCUT2D eigenvalue weighted by Crippen LogP contribution is 2.43. The van der Waals surface area contributed by atoms with Crippen LogP contribution in [-0.2, 0) is 19.9 Å². The summed E-state index contributed by atoms with van der Waals surface area (Å²) in [6, 6.07) is 5.06. The van der Waals surface area contributed by atoms with Gasteiger partial charge in [0.25, 0.3) is 0 Å². The molecule has 1 aromatic rings. The number of hydrogen-bond acceptors (Lipinski definition) is 4. The third-order valence-electron chi connectivity index (χ3n) is 9.29. The van der Waals surface area contributed by atoms with Gasteiger partial charge in [0.05, 0.1) is 10.6 Å². The van der Waals surface area contributed by atoms with E-state index in [0.717, 1.165) is 38.6 Å². The summed E-state index contributed by atoms with van der Waals surface area (Å²) < 4.78 is 21.1. The second-order valence-electron chi connectivity index (χ2n) is 12.7. The van der Waals surface area contributed by atoms with Crippen molar-refractivity contribution in [3.8, 4) is 0 Å². The van der Waals surface area contributed by atoms with Crippen LogP contribution >= 0.6 is 11.6 Å². The van der Waals surface area contributed by atoms with E-state index >= 15 is 4.39 Å². The van der Waals surface area contributed by atoms with Gasteiger partial charge in [0.15, 0.2) is 0 Å². The van der Waals surface area contributed by atoms with Crippen LogP contribution in [0.5, 0.6) is 0 Å². The standard InChI is InChI=1S/C33H53ClFN3O3/c1-24(2)32(40)37-33(17-8-9-19-41-4,28-15-10-16-29(34)31(28)35)27-14-11-18-38(23-27)30(39)21-26(22-36-3)20-25-12-6-5-7-13-25/h10,15-16,24-27,36H,5-9,11-14,17-23H2,1-4H3,(H,37,40)/t26-,27-,33-/m1/s1. The molecule has 0 aromatic heterocycles. The number of piperidine rings is 1. The van der Waals surface area contributed by atoms with E-state index in [1.54, 1.807) is 25.3 Å². The molecule has 3 atom stereocenters. The zero-order chi connectivity index (χ0) is 29.8. The minimum absolute atomic E-state index is 0.0453. The van der Waals surface area contributed by atoms with Crippen molar-refractivity contribution in [3.63, 3.8) is 0 Å². The van der Waals surface area contributed by atoms with Crippen LogP contribution in [0.25, 0.3) is 0 Å². The number of likely N-dealkylation sites (tertiary alicyclic amines) is 1. The van der Waals surface area contributed by atoms with Crippen molar-refractivity contribution in [2.75, 3.05) is 40.4 Å². The zero-order valence-electron chi connectivity index (χ0n) is 25.8. The van der Waals surface area contributed by atoms with E-state index < -0.39 is 11.4 Å². The van der Waals surface area contributed by atoms with Crippen LogP contribution in [0, 0.1) is 29.5 Å². The number of rotatable bonds is 15. The number of hydrogen-bond donors (Lipinski definition) is 2. The molecule has 1 saturated heterocycles. The highest BCUT2D eigenvalue weighted by Gasteiger charge is 2.46. The summed E-state index contributed by atoms with van der Waals surface area (Å²) in [5, 5.41) is 6.67. The Morgan fingerprint density at radius 2 is 1.90 bits per heavy atom. The van der Waals surface area contributed by atoms with Crippen LogP contribution in [-0.4, -0.2) is 57.1 Å². The van der Waals surface area contributed by atoms with Crippen molar-refractivity contribution >= 4 is 23.4 Å². The smallest absolute Gasteiger partial charge is 0.223 e. The molecule has 0 bridgehead atoms. The molecule has 0 radical (unpaired) electrons. The van der Waals surface area contributed by atoms with Gasteiger partial charge in [-0.25, -0.2) is 4.39 Å². The fourth-order valence-electron chi connectivity index (χ4n) is 7.06. The van der Waals surface area contributed by atoms with Gasteiger partial charge < -0.3 is 20.3 Å². The van der Waals surface area contributed by atoms with Crippen LogP contribution in [0.1, 0.15) is 96.5 Å². The van der Waals surface area contributed by atoms with Gasteiger partial charge in [-0.1, -0.05) is 69.7 Å². The first-order valence-corrected chi connectivity index (χ1v) is 16.3. The molecule has 3 rings (SSSR count). The largest absolute Gasteiger partial charge is 0.385 e. The van der Waals surface area contributed by atoms with Gasteiger partial charge in [0.1, 0.15) is 5.82 Å². The predicted molar refractivity (Wildman–Crippen MR) is 164 cm³/mol. The number of ether oxygens (including phenoxy) is 1. The van der Waals surface area contributed by atoms with Crippen molar-refractivity contribution < 1.29 is 18.7 Å². The first-order chi connectivity index (χ1) is 19.7. The summed E-state index contributed by atoms with van der Waals surface area (Å²) in [5.41, 5.74) is -0.559. The van der Waals surface area contributed by atoms with Crippen molar-refractivity contribution in [1.29, 1.82) is 0 Å². The van der Waals surface area contributed by atoms with Crippen LogP contribution in [0.15, 0.2) is 18.2 Å². The summed E-state index contributed by atoms with van der Waals surface area (Å²) in [7, 11) is 3.63. The van der Waals surface area contributed by atoms with Crippen LogP contribution < -0.4 is 10.6 Å². The van der Waals surface area contributed by atoms with Gasteiger partial charge in [-0.15, -0.1) is 0 Å². The Hall–Kier alpha value is -1.70. The van der Waals surface area contributed by atoms with E-state index in [-0.39, 0.29) is 28.7 Å². The van der Waals surface area contributed by atoms with Crippen molar-refractivity contribution in [2.45, 2.75) is 96.4 Å². The first-order valence-electron chi connectivity index (χ1n) is 15.9. The van der Waals surface area contributed by atoms with Crippen molar-refractivity contribution in [3.05, 3.63) is 34.6 Å². The Bertz CT molecular complexity index is 971. The lowest BCUT2D eigenvalue weighted by Gasteiger charge is -2.47. The maximum absolute atomic E-state index is 15.8. The quantitative estimate of drug-likeness (QED) is 0.222. The number of nitrogens with one attached hydrogen (secondary N) is 2. The molecule has 41 heavy (non-hydrogen) atoms.